The van der Waals surface area contributed by atoms with E-state index in [-0.39, 0.29) is 5.41 Å². The van der Waals surface area contributed by atoms with E-state index in [1.807, 2.05) is 19.2 Å². The van der Waals surface area contributed by atoms with Crippen LogP contribution in [0.15, 0.2) is 24.7 Å². The molecule has 0 unspecified atom stereocenters. The molecular weight excluding hydrogens is 326 g/mol. The summed E-state index contributed by atoms with van der Waals surface area (Å²) in [5.74, 6) is 2.86. The van der Waals surface area contributed by atoms with Gasteiger partial charge in [-0.15, -0.1) is 0 Å². The monoisotopic (exact) mass is 351 g/mol. The van der Waals surface area contributed by atoms with Crippen LogP contribution in [-0.4, -0.2) is 51.1 Å². The minimum absolute atomic E-state index is 0.0190. The Morgan fingerprint density at radius 2 is 1.73 bits per heavy atom. The first-order chi connectivity index (χ1) is 12.4. The molecule has 1 aliphatic heterocycles. The standard InChI is InChI=1S/C19H25N7/c1-13-23-15(19(2,3)4)11-16(24-13)25-7-9-26(10-8-25)18-14-5-6-20-17(14)21-12-22-18/h5-6,11-12H,7-10H2,1-4H3,(H,20,21,22). The normalized spacial score (nSPS) is 15.7. The lowest BCUT2D eigenvalue weighted by Gasteiger charge is -2.36. The van der Waals surface area contributed by atoms with Crippen LogP contribution in [0.4, 0.5) is 11.6 Å². The quantitative estimate of drug-likeness (QED) is 0.765. The molecule has 1 fully saturated rings. The van der Waals surface area contributed by atoms with E-state index in [2.05, 4.69) is 61.6 Å². The Kier molecular flexibility index (Phi) is 4.01. The molecule has 7 nitrogen and oxygen atoms in total. The average molecular weight is 351 g/mol. The lowest BCUT2D eigenvalue weighted by molar-refractivity contribution is 0.561. The van der Waals surface area contributed by atoms with Crippen molar-refractivity contribution >= 4 is 22.7 Å². The molecule has 1 N–H and O–H groups in total. The van der Waals surface area contributed by atoms with Crippen molar-refractivity contribution in [3.05, 3.63) is 36.2 Å². The van der Waals surface area contributed by atoms with Crippen LogP contribution >= 0.6 is 0 Å². The van der Waals surface area contributed by atoms with Gasteiger partial charge in [0.2, 0.25) is 0 Å². The van der Waals surface area contributed by atoms with Gasteiger partial charge in [0.1, 0.15) is 29.4 Å². The number of nitrogens with one attached hydrogen (secondary N) is 1. The molecule has 0 aromatic carbocycles. The first kappa shape index (κ1) is 16.8. The Morgan fingerprint density at radius 3 is 2.46 bits per heavy atom. The van der Waals surface area contributed by atoms with Gasteiger partial charge in [-0.05, 0) is 13.0 Å². The van der Waals surface area contributed by atoms with Gasteiger partial charge in [0.25, 0.3) is 0 Å². The van der Waals surface area contributed by atoms with Gasteiger partial charge in [-0.25, -0.2) is 19.9 Å². The third kappa shape index (κ3) is 3.09. The lowest BCUT2D eigenvalue weighted by atomic mass is 9.92. The van der Waals surface area contributed by atoms with E-state index in [1.165, 1.54) is 0 Å². The van der Waals surface area contributed by atoms with Crippen LogP contribution in [0, 0.1) is 6.92 Å². The summed E-state index contributed by atoms with van der Waals surface area (Å²) < 4.78 is 0. The maximum atomic E-state index is 4.68. The fourth-order valence-electron chi connectivity index (χ4n) is 3.36. The van der Waals surface area contributed by atoms with Gasteiger partial charge in [0.05, 0.1) is 11.1 Å². The molecule has 4 rings (SSSR count). The number of piperazine rings is 1. The highest BCUT2D eigenvalue weighted by atomic mass is 15.3. The second-order valence-electron chi connectivity index (χ2n) is 7.82. The van der Waals surface area contributed by atoms with E-state index in [0.29, 0.717) is 0 Å². The van der Waals surface area contributed by atoms with Crippen LogP contribution in [0.3, 0.4) is 0 Å². The van der Waals surface area contributed by atoms with Gasteiger partial charge in [0, 0.05) is 43.9 Å². The molecule has 136 valence electrons. The summed E-state index contributed by atoms with van der Waals surface area (Å²) in [6.07, 6.45) is 3.54. The number of aryl methyl sites for hydroxylation is 1. The van der Waals surface area contributed by atoms with Crippen molar-refractivity contribution in [2.45, 2.75) is 33.1 Å². The summed E-state index contributed by atoms with van der Waals surface area (Å²) in [6, 6.07) is 4.18. The minimum atomic E-state index is 0.0190. The van der Waals surface area contributed by atoms with Crippen LogP contribution in [-0.2, 0) is 5.41 Å². The van der Waals surface area contributed by atoms with E-state index in [0.717, 1.165) is 60.4 Å². The van der Waals surface area contributed by atoms with Gasteiger partial charge in [0.15, 0.2) is 0 Å². The number of fused-ring (bicyclic) bond motifs is 1. The molecule has 0 saturated carbocycles. The fraction of sp³-hybridized carbons (Fsp3) is 0.474. The number of hydrogen-bond donors (Lipinski definition) is 1. The van der Waals surface area contributed by atoms with E-state index in [1.54, 1.807) is 6.33 Å². The van der Waals surface area contributed by atoms with Crippen molar-refractivity contribution in [3.8, 4) is 0 Å². The van der Waals surface area contributed by atoms with Crippen molar-refractivity contribution < 1.29 is 0 Å². The molecule has 26 heavy (non-hydrogen) atoms. The van der Waals surface area contributed by atoms with Gasteiger partial charge >= 0.3 is 0 Å². The fourth-order valence-corrected chi connectivity index (χ4v) is 3.36. The predicted octanol–water partition coefficient (Wildman–Crippen LogP) is 2.68. The maximum Gasteiger partial charge on any atom is 0.142 e. The Morgan fingerprint density at radius 1 is 1.00 bits per heavy atom. The molecule has 0 radical (unpaired) electrons. The summed E-state index contributed by atoms with van der Waals surface area (Å²) in [4.78, 5) is 25.9. The summed E-state index contributed by atoms with van der Waals surface area (Å²) in [6.45, 7) is 12.2. The zero-order valence-electron chi connectivity index (χ0n) is 15.8. The van der Waals surface area contributed by atoms with E-state index in [4.69, 9.17) is 0 Å². The molecule has 3 aromatic heterocycles. The van der Waals surface area contributed by atoms with Crippen molar-refractivity contribution in [3.63, 3.8) is 0 Å². The van der Waals surface area contributed by atoms with Crippen molar-refractivity contribution in [1.82, 2.24) is 24.9 Å². The molecule has 3 aromatic rings. The Bertz CT molecular complexity index is 917. The molecule has 0 spiro atoms. The maximum absolute atomic E-state index is 4.68. The predicted molar refractivity (Wildman–Crippen MR) is 104 cm³/mol. The van der Waals surface area contributed by atoms with Crippen LogP contribution in [0.2, 0.25) is 0 Å². The van der Waals surface area contributed by atoms with Crippen LogP contribution in [0.5, 0.6) is 0 Å². The molecule has 7 heteroatoms. The molecular formula is C19H25N7. The highest BCUT2D eigenvalue weighted by Crippen LogP contribution is 2.26. The van der Waals surface area contributed by atoms with E-state index in [9.17, 15) is 0 Å². The number of nitrogens with zero attached hydrogens (tertiary/aromatic N) is 6. The molecule has 1 aliphatic rings. The highest BCUT2D eigenvalue weighted by Gasteiger charge is 2.23. The molecule has 1 saturated heterocycles. The van der Waals surface area contributed by atoms with Crippen LogP contribution in [0.25, 0.3) is 11.0 Å². The summed E-state index contributed by atoms with van der Waals surface area (Å²) >= 11 is 0. The number of H-pyrrole nitrogens is 1. The zero-order valence-corrected chi connectivity index (χ0v) is 15.8. The molecule has 0 bridgehead atoms. The Balaban J connectivity index is 1.54. The molecule has 4 heterocycles. The average Bonchev–Trinajstić information content (AvgIpc) is 3.09. The van der Waals surface area contributed by atoms with Gasteiger partial charge in [-0.3, -0.25) is 0 Å². The Labute approximate surface area is 153 Å². The van der Waals surface area contributed by atoms with E-state index < -0.39 is 0 Å². The summed E-state index contributed by atoms with van der Waals surface area (Å²) in [5.41, 5.74) is 2.00. The molecule has 0 atom stereocenters. The van der Waals surface area contributed by atoms with Crippen molar-refractivity contribution in [2.24, 2.45) is 0 Å². The number of aromatic nitrogens is 5. The number of aromatic amines is 1. The Hall–Kier alpha value is -2.70. The minimum Gasteiger partial charge on any atom is -0.353 e. The first-order valence-corrected chi connectivity index (χ1v) is 9.06. The lowest BCUT2D eigenvalue weighted by Crippen LogP contribution is -2.47. The smallest absolute Gasteiger partial charge is 0.142 e. The first-order valence-electron chi connectivity index (χ1n) is 9.06. The van der Waals surface area contributed by atoms with Crippen molar-refractivity contribution in [1.29, 1.82) is 0 Å². The summed E-state index contributed by atoms with van der Waals surface area (Å²) in [5, 5.41) is 1.08. The van der Waals surface area contributed by atoms with Crippen LogP contribution < -0.4 is 9.80 Å². The van der Waals surface area contributed by atoms with Crippen LogP contribution in [0.1, 0.15) is 32.3 Å². The highest BCUT2D eigenvalue weighted by molar-refractivity contribution is 5.87. The molecule has 0 aliphatic carbocycles. The van der Waals surface area contributed by atoms with E-state index >= 15 is 0 Å². The molecule has 0 amide bonds. The van der Waals surface area contributed by atoms with Gasteiger partial charge in [-0.2, -0.15) is 0 Å². The van der Waals surface area contributed by atoms with Gasteiger partial charge < -0.3 is 14.8 Å². The third-order valence-corrected chi connectivity index (χ3v) is 4.83. The largest absolute Gasteiger partial charge is 0.353 e. The number of hydrogen-bond acceptors (Lipinski definition) is 6. The third-order valence-electron chi connectivity index (χ3n) is 4.83. The topological polar surface area (TPSA) is 73.8 Å². The second kappa shape index (κ2) is 6.23. The number of rotatable bonds is 2. The summed E-state index contributed by atoms with van der Waals surface area (Å²) in [7, 11) is 0. The SMILES string of the molecule is Cc1nc(N2CCN(c3ncnc4[nH]ccc34)CC2)cc(C(C)(C)C)n1. The van der Waals surface area contributed by atoms with Gasteiger partial charge in [-0.1, -0.05) is 20.8 Å². The second-order valence-corrected chi connectivity index (χ2v) is 7.82. The zero-order chi connectivity index (χ0) is 18.3. The van der Waals surface area contributed by atoms with Crippen molar-refractivity contribution in [2.75, 3.05) is 36.0 Å². The number of anilines is 2.